The van der Waals surface area contributed by atoms with E-state index in [1.807, 2.05) is 78.9 Å². The van der Waals surface area contributed by atoms with E-state index in [0.717, 1.165) is 15.8 Å². The fourth-order valence-electron chi connectivity index (χ4n) is 1.63. The summed E-state index contributed by atoms with van der Waals surface area (Å²) >= 11 is 11.7. The summed E-state index contributed by atoms with van der Waals surface area (Å²) in [5.41, 5.74) is 0. The van der Waals surface area contributed by atoms with E-state index in [0.29, 0.717) is 0 Å². The van der Waals surface area contributed by atoms with Gasteiger partial charge in [0.2, 0.25) is 0 Å². The van der Waals surface area contributed by atoms with Crippen LogP contribution in [0.5, 0.6) is 5.75 Å². The number of benzene rings is 3. The number of methoxy groups -OCH3 is 1. The number of ether oxygens (including phenoxy) is 1. The van der Waals surface area contributed by atoms with Gasteiger partial charge in [-0.25, -0.2) is 0 Å². The molecule has 0 heterocycles. The Hall–Kier alpha value is -0.961. The van der Waals surface area contributed by atoms with Crippen LogP contribution in [0.4, 0.5) is 0 Å². The predicted octanol–water partition coefficient (Wildman–Crippen LogP) is 3.89. The Morgan fingerprint density at radius 1 is 0.640 bits per heavy atom. The van der Waals surface area contributed by atoms with Crippen molar-refractivity contribution in [2.45, 2.75) is 0 Å². The first-order chi connectivity index (χ1) is 12.2. The third kappa shape index (κ3) is 8.31. The van der Waals surface area contributed by atoms with E-state index in [1.54, 1.807) is 7.11 Å². The summed E-state index contributed by atoms with van der Waals surface area (Å²) in [4.78, 5) is 0. The third-order valence-electron chi connectivity index (χ3n) is 2.87. The SMILES string of the molecule is COc1ccccc1.Clc1ccc([Se]O[Se]c2ccc(Cl)cc2)cc1. The number of para-hydroxylation sites is 1. The molecule has 0 amide bonds. The summed E-state index contributed by atoms with van der Waals surface area (Å²) < 4.78 is 13.0. The average Bonchev–Trinajstić information content (AvgIpc) is 2.66. The summed E-state index contributed by atoms with van der Waals surface area (Å²) in [6.45, 7) is 0. The molecule has 0 fully saturated rings. The average molecular weight is 505 g/mol. The van der Waals surface area contributed by atoms with E-state index in [2.05, 4.69) is 0 Å². The van der Waals surface area contributed by atoms with E-state index in [-0.39, 0.29) is 30.6 Å². The molecule has 3 rings (SSSR count). The van der Waals surface area contributed by atoms with Crippen LogP contribution in [0.15, 0.2) is 78.9 Å². The first kappa shape index (κ1) is 20.4. The summed E-state index contributed by atoms with van der Waals surface area (Å²) in [6.07, 6.45) is 0. The van der Waals surface area contributed by atoms with Crippen LogP contribution in [0, 0.1) is 0 Å². The zero-order valence-electron chi connectivity index (χ0n) is 13.4. The molecule has 0 aliphatic rings. The Morgan fingerprint density at radius 3 is 1.44 bits per heavy atom. The van der Waals surface area contributed by atoms with E-state index in [9.17, 15) is 0 Å². The molecule has 0 spiro atoms. The van der Waals surface area contributed by atoms with Crippen molar-refractivity contribution in [1.29, 1.82) is 0 Å². The molecule has 0 aliphatic carbocycles. The molecule has 0 radical (unpaired) electrons. The number of hydrogen-bond donors (Lipinski definition) is 0. The fourth-order valence-corrected chi connectivity index (χ4v) is 5.41. The van der Waals surface area contributed by atoms with Gasteiger partial charge in [-0.3, -0.25) is 0 Å². The second kappa shape index (κ2) is 11.6. The van der Waals surface area contributed by atoms with Gasteiger partial charge in [-0.1, -0.05) is 18.2 Å². The summed E-state index contributed by atoms with van der Waals surface area (Å²) in [5, 5.41) is 1.51. The van der Waals surface area contributed by atoms with Crippen LogP contribution in [0.1, 0.15) is 0 Å². The van der Waals surface area contributed by atoms with Crippen LogP contribution in [-0.4, -0.2) is 37.7 Å². The van der Waals surface area contributed by atoms with Crippen molar-refractivity contribution in [3.05, 3.63) is 88.9 Å². The second-order valence-electron chi connectivity index (χ2n) is 4.66. The molecule has 2 nitrogen and oxygen atoms in total. The van der Waals surface area contributed by atoms with E-state index < -0.39 is 0 Å². The van der Waals surface area contributed by atoms with Gasteiger partial charge >= 0.3 is 124 Å². The Kier molecular flexibility index (Phi) is 9.46. The van der Waals surface area contributed by atoms with Crippen molar-refractivity contribution in [3.63, 3.8) is 0 Å². The van der Waals surface area contributed by atoms with Crippen molar-refractivity contribution in [2.24, 2.45) is 0 Å². The van der Waals surface area contributed by atoms with Gasteiger partial charge in [0.15, 0.2) is 0 Å². The molecular formula is C19H16Cl2O2Se2. The molecule has 130 valence electrons. The van der Waals surface area contributed by atoms with Crippen molar-refractivity contribution in [3.8, 4) is 5.75 Å². The van der Waals surface area contributed by atoms with Crippen LogP contribution in [-0.2, 0) is 2.90 Å². The van der Waals surface area contributed by atoms with E-state index >= 15 is 0 Å². The van der Waals surface area contributed by atoms with E-state index in [4.69, 9.17) is 30.8 Å². The second-order valence-corrected chi connectivity index (χ2v) is 9.98. The van der Waals surface area contributed by atoms with Crippen LogP contribution in [0.2, 0.25) is 10.0 Å². The van der Waals surface area contributed by atoms with Crippen LogP contribution in [0.3, 0.4) is 0 Å². The first-order valence-electron chi connectivity index (χ1n) is 7.29. The van der Waals surface area contributed by atoms with Gasteiger partial charge in [-0.2, -0.15) is 0 Å². The molecule has 0 bridgehead atoms. The monoisotopic (exact) mass is 506 g/mol. The minimum absolute atomic E-state index is 0.0459. The molecule has 0 saturated carbocycles. The van der Waals surface area contributed by atoms with Gasteiger partial charge in [0.1, 0.15) is 5.75 Å². The maximum absolute atomic E-state index is 5.81. The van der Waals surface area contributed by atoms with Crippen LogP contribution >= 0.6 is 23.2 Å². The topological polar surface area (TPSA) is 18.5 Å². The van der Waals surface area contributed by atoms with Gasteiger partial charge < -0.3 is 4.74 Å². The van der Waals surface area contributed by atoms with Crippen molar-refractivity contribution < 1.29 is 7.64 Å². The molecule has 3 aromatic carbocycles. The normalized spacial score (nSPS) is 9.88. The van der Waals surface area contributed by atoms with Gasteiger partial charge in [0, 0.05) is 0 Å². The van der Waals surface area contributed by atoms with Gasteiger partial charge in [0.05, 0.1) is 7.11 Å². The molecule has 0 saturated heterocycles. The molecule has 0 unspecified atom stereocenters. The summed E-state index contributed by atoms with van der Waals surface area (Å²) in [5.74, 6) is 0.910. The maximum atomic E-state index is 5.81. The Labute approximate surface area is 171 Å². The predicted molar refractivity (Wildman–Crippen MR) is 108 cm³/mol. The van der Waals surface area contributed by atoms with Gasteiger partial charge in [-0.05, 0) is 12.1 Å². The molecule has 0 N–H and O–H groups in total. The van der Waals surface area contributed by atoms with Crippen molar-refractivity contribution in [1.82, 2.24) is 0 Å². The third-order valence-corrected chi connectivity index (χ3v) is 7.09. The van der Waals surface area contributed by atoms with Gasteiger partial charge in [0.25, 0.3) is 0 Å². The number of halogens is 2. The molecule has 0 atom stereocenters. The van der Waals surface area contributed by atoms with Crippen LogP contribution < -0.4 is 13.7 Å². The molecule has 0 aliphatic heterocycles. The Bertz CT molecular complexity index is 690. The molecular weight excluding hydrogens is 489 g/mol. The van der Waals surface area contributed by atoms with Crippen molar-refractivity contribution >= 4 is 62.7 Å². The Balaban J connectivity index is 0.000000236. The number of hydrogen-bond acceptors (Lipinski definition) is 2. The standard InChI is InChI=1S/C12H8Cl2OSe2.C7H8O/c13-9-1-5-11(6-2-9)16-15-17-12-7-3-10(14)4-8-12;1-8-7-5-3-2-4-6-7/h1-8H;2-6H,1H3. The fraction of sp³-hybridized carbons (Fsp3) is 0.0526. The zero-order valence-corrected chi connectivity index (χ0v) is 18.3. The van der Waals surface area contributed by atoms with Crippen molar-refractivity contribution in [2.75, 3.05) is 7.11 Å². The minimum atomic E-state index is 0.0459. The van der Waals surface area contributed by atoms with Gasteiger partial charge in [-0.15, -0.1) is 0 Å². The van der Waals surface area contributed by atoms with Crippen LogP contribution in [0.25, 0.3) is 0 Å². The Morgan fingerprint density at radius 2 is 1.08 bits per heavy atom. The quantitative estimate of drug-likeness (QED) is 0.491. The first-order valence-corrected chi connectivity index (χ1v) is 11.2. The summed E-state index contributed by atoms with van der Waals surface area (Å²) in [6, 6.07) is 25.2. The summed E-state index contributed by atoms with van der Waals surface area (Å²) in [7, 11) is 1.66. The van der Waals surface area contributed by atoms with E-state index in [1.165, 1.54) is 8.92 Å². The molecule has 3 aromatic rings. The zero-order chi connectivity index (χ0) is 17.9. The molecule has 6 heteroatoms. The number of rotatable bonds is 5. The molecule has 0 aromatic heterocycles. The molecule has 25 heavy (non-hydrogen) atoms.